The molecule has 1 aliphatic rings. The minimum absolute atomic E-state index is 0.0599. The highest BCUT2D eigenvalue weighted by molar-refractivity contribution is 5.85. The lowest BCUT2D eigenvalue weighted by atomic mass is 10.3. The first kappa shape index (κ1) is 22.6. The van der Waals surface area contributed by atoms with Crippen molar-refractivity contribution in [3.8, 4) is 0 Å². The fourth-order valence-electron chi connectivity index (χ4n) is 0.996. The number of aliphatic carboxylic acids is 2. The van der Waals surface area contributed by atoms with Crippen molar-refractivity contribution < 1.29 is 34.4 Å². The maximum atomic E-state index is 9.60. The lowest BCUT2D eigenvalue weighted by Crippen LogP contribution is -2.24. The monoisotopic (exact) mass is 318 g/mol. The first-order valence-electron chi connectivity index (χ1n) is 6.73. The third kappa shape index (κ3) is 14.7. The number of carboxylic acid groups (broad SMARTS) is 2. The molecule has 1 fully saturated rings. The van der Waals surface area contributed by atoms with Crippen LogP contribution < -0.4 is 0 Å². The molecule has 2 atom stereocenters. The number of carboxylic acids is 2. The van der Waals surface area contributed by atoms with E-state index in [0.29, 0.717) is 6.61 Å². The molecular weight excluding hydrogens is 292 g/mol. The summed E-state index contributed by atoms with van der Waals surface area (Å²) in [5, 5.41) is 24.5. The predicted octanol–water partition coefficient (Wildman–Crippen LogP) is 1.47. The molecule has 1 heterocycles. The molecule has 2 unspecified atom stereocenters. The Balaban J connectivity index is 0. The summed E-state index contributed by atoms with van der Waals surface area (Å²) in [5.74, 6) is -1.87. The number of hydrogen-bond donors (Lipinski definition) is 3. The standard InChI is InChI=1S/C7H14O3.2C4H6O2/c1-6-2-3-9-5-7(4-8)10-6;2*1-3(2)4(5)6/h6-8H,2-5H2,1H3;2*1H2,2H3,(H,5,6). The Labute approximate surface area is 130 Å². The maximum Gasteiger partial charge on any atom is 0.330 e. The van der Waals surface area contributed by atoms with Gasteiger partial charge in [-0.25, -0.2) is 9.59 Å². The molecule has 128 valence electrons. The molecule has 7 heteroatoms. The molecular formula is C15H26O7. The Kier molecular flexibility index (Phi) is 13.3. The van der Waals surface area contributed by atoms with E-state index in [1.165, 1.54) is 13.8 Å². The van der Waals surface area contributed by atoms with E-state index >= 15 is 0 Å². The Morgan fingerprint density at radius 1 is 1.14 bits per heavy atom. The summed E-state index contributed by atoms with van der Waals surface area (Å²) < 4.78 is 10.6. The van der Waals surface area contributed by atoms with Crippen molar-refractivity contribution in [2.45, 2.75) is 39.4 Å². The van der Waals surface area contributed by atoms with Gasteiger partial charge in [-0.2, -0.15) is 0 Å². The van der Waals surface area contributed by atoms with E-state index in [2.05, 4.69) is 13.2 Å². The molecule has 0 aliphatic carbocycles. The zero-order valence-electron chi connectivity index (χ0n) is 13.4. The predicted molar refractivity (Wildman–Crippen MR) is 81.8 cm³/mol. The minimum Gasteiger partial charge on any atom is -0.478 e. The summed E-state index contributed by atoms with van der Waals surface area (Å²) in [5.41, 5.74) is 0.352. The first-order chi connectivity index (χ1) is 10.1. The van der Waals surface area contributed by atoms with E-state index in [0.717, 1.165) is 13.0 Å². The molecule has 0 aromatic carbocycles. The van der Waals surface area contributed by atoms with Crippen molar-refractivity contribution in [1.82, 2.24) is 0 Å². The molecule has 1 rings (SSSR count). The topological polar surface area (TPSA) is 113 Å². The molecule has 0 spiro atoms. The zero-order valence-corrected chi connectivity index (χ0v) is 13.4. The fraction of sp³-hybridized carbons (Fsp3) is 0.600. The molecule has 0 radical (unpaired) electrons. The second kappa shape index (κ2) is 13.0. The first-order valence-corrected chi connectivity index (χ1v) is 6.73. The Morgan fingerprint density at radius 2 is 1.55 bits per heavy atom. The molecule has 22 heavy (non-hydrogen) atoms. The number of hydrogen-bond acceptors (Lipinski definition) is 5. The highest BCUT2D eigenvalue weighted by atomic mass is 16.6. The van der Waals surface area contributed by atoms with Gasteiger partial charge >= 0.3 is 11.9 Å². The molecule has 0 bridgehead atoms. The van der Waals surface area contributed by atoms with E-state index in [4.69, 9.17) is 24.8 Å². The summed E-state index contributed by atoms with van der Waals surface area (Å²) >= 11 is 0. The van der Waals surface area contributed by atoms with Crippen molar-refractivity contribution in [3.05, 3.63) is 24.3 Å². The van der Waals surface area contributed by atoms with Gasteiger partial charge in [-0.1, -0.05) is 13.2 Å². The summed E-state index contributed by atoms with van der Waals surface area (Å²) in [4.78, 5) is 19.2. The Hall–Kier alpha value is -1.70. The Morgan fingerprint density at radius 3 is 1.86 bits per heavy atom. The van der Waals surface area contributed by atoms with Crippen LogP contribution in [0.3, 0.4) is 0 Å². The molecule has 0 aromatic rings. The van der Waals surface area contributed by atoms with Crippen LogP contribution in [0.2, 0.25) is 0 Å². The van der Waals surface area contributed by atoms with Crippen molar-refractivity contribution in [2.24, 2.45) is 0 Å². The summed E-state index contributed by atoms with van der Waals surface area (Å²) in [6, 6.07) is 0. The average Bonchev–Trinajstić information content (AvgIpc) is 2.64. The quantitative estimate of drug-likeness (QED) is 0.675. The van der Waals surface area contributed by atoms with Crippen molar-refractivity contribution >= 4 is 11.9 Å². The van der Waals surface area contributed by atoms with Crippen LogP contribution in [0.25, 0.3) is 0 Å². The number of aliphatic hydroxyl groups is 1. The molecule has 1 saturated heterocycles. The van der Waals surface area contributed by atoms with Gasteiger partial charge in [0.15, 0.2) is 0 Å². The van der Waals surface area contributed by atoms with Gasteiger partial charge in [0.25, 0.3) is 0 Å². The smallest absolute Gasteiger partial charge is 0.330 e. The normalized spacial score (nSPS) is 20.2. The lowest BCUT2D eigenvalue weighted by molar-refractivity contribution is -0.133. The van der Waals surface area contributed by atoms with Crippen LogP contribution in [0.5, 0.6) is 0 Å². The van der Waals surface area contributed by atoms with Crippen molar-refractivity contribution in [2.75, 3.05) is 19.8 Å². The molecule has 3 N–H and O–H groups in total. The number of rotatable bonds is 3. The van der Waals surface area contributed by atoms with Crippen molar-refractivity contribution in [3.63, 3.8) is 0 Å². The van der Waals surface area contributed by atoms with E-state index < -0.39 is 11.9 Å². The molecule has 0 aromatic heterocycles. The van der Waals surface area contributed by atoms with E-state index in [1.807, 2.05) is 6.92 Å². The number of carbonyl (C=O) groups is 2. The summed E-state index contributed by atoms with van der Waals surface area (Å²) in [7, 11) is 0. The second-order valence-electron chi connectivity index (χ2n) is 4.79. The van der Waals surface area contributed by atoms with Crippen LogP contribution in [0.1, 0.15) is 27.2 Å². The Bertz CT molecular complexity index is 328. The minimum atomic E-state index is -0.935. The van der Waals surface area contributed by atoms with Crippen LogP contribution in [-0.4, -0.2) is 59.3 Å². The number of aliphatic hydroxyl groups excluding tert-OH is 1. The SMILES string of the molecule is C=C(C)C(=O)O.C=C(C)C(=O)O.CC1CCOCC(CO)O1. The van der Waals surface area contributed by atoms with Crippen LogP contribution in [0, 0.1) is 0 Å². The third-order valence-corrected chi connectivity index (χ3v) is 2.33. The maximum absolute atomic E-state index is 9.60. The van der Waals surface area contributed by atoms with Crippen LogP contribution in [-0.2, 0) is 19.1 Å². The molecule has 0 saturated carbocycles. The zero-order chi connectivity index (χ0) is 17.7. The van der Waals surface area contributed by atoms with E-state index in [9.17, 15) is 9.59 Å². The van der Waals surface area contributed by atoms with Crippen LogP contribution in [0.4, 0.5) is 0 Å². The summed E-state index contributed by atoms with van der Waals surface area (Å²) in [6.45, 7) is 12.5. The molecule has 1 aliphatic heterocycles. The number of ether oxygens (including phenoxy) is 2. The lowest BCUT2D eigenvalue weighted by Gasteiger charge is -2.14. The van der Waals surface area contributed by atoms with Gasteiger partial charge in [-0.05, 0) is 27.2 Å². The van der Waals surface area contributed by atoms with Crippen molar-refractivity contribution in [1.29, 1.82) is 0 Å². The highest BCUT2D eigenvalue weighted by Crippen LogP contribution is 2.07. The van der Waals surface area contributed by atoms with Gasteiger partial charge in [0.1, 0.15) is 6.10 Å². The van der Waals surface area contributed by atoms with Crippen LogP contribution >= 0.6 is 0 Å². The van der Waals surface area contributed by atoms with Gasteiger partial charge in [0, 0.05) is 17.8 Å². The highest BCUT2D eigenvalue weighted by Gasteiger charge is 2.16. The van der Waals surface area contributed by atoms with Gasteiger partial charge in [-0.3, -0.25) is 0 Å². The van der Waals surface area contributed by atoms with Crippen LogP contribution in [0.15, 0.2) is 24.3 Å². The van der Waals surface area contributed by atoms with Gasteiger partial charge < -0.3 is 24.8 Å². The van der Waals surface area contributed by atoms with Gasteiger partial charge in [-0.15, -0.1) is 0 Å². The summed E-state index contributed by atoms with van der Waals surface area (Å²) in [6.07, 6.45) is 1.04. The van der Waals surface area contributed by atoms with E-state index in [-0.39, 0.29) is 30.0 Å². The fourth-order valence-corrected chi connectivity index (χ4v) is 0.996. The van der Waals surface area contributed by atoms with Gasteiger partial charge in [0.05, 0.1) is 19.3 Å². The molecule has 7 nitrogen and oxygen atoms in total. The largest absolute Gasteiger partial charge is 0.478 e. The van der Waals surface area contributed by atoms with Gasteiger partial charge in [0.2, 0.25) is 0 Å². The second-order valence-corrected chi connectivity index (χ2v) is 4.79. The third-order valence-electron chi connectivity index (χ3n) is 2.33. The average molecular weight is 318 g/mol. The molecule has 0 amide bonds. The van der Waals surface area contributed by atoms with E-state index in [1.54, 1.807) is 0 Å².